The normalized spacial score (nSPS) is 12.3. The van der Waals surface area contributed by atoms with Crippen molar-refractivity contribution in [1.29, 1.82) is 0 Å². The standard InChI is InChI=1S/C19H11Cl2F7N6O/c20-12-5-10(18(24,25)26)6-13(30-12)31-14-7-15(33-17(21)32-14)34-29-8-9-1-3-11(4-2-9)35-19(27,28)16(22)23/h1-8,16H,(H2,30,31,32,33,34)/b29-8+. The van der Waals surface area contributed by atoms with Crippen LogP contribution in [0.3, 0.4) is 0 Å². The van der Waals surface area contributed by atoms with Gasteiger partial charge in [-0.2, -0.15) is 40.8 Å². The molecule has 0 saturated heterocycles. The van der Waals surface area contributed by atoms with Gasteiger partial charge in [0, 0.05) is 6.07 Å². The quantitative estimate of drug-likeness (QED) is 0.109. The lowest BCUT2D eigenvalue weighted by Crippen LogP contribution is -2.33. The van der Waals surface area contributed by atoms with E-state index >= 15 is 0 Å². The molecule has 0 aliphatic carbocycles. The summed E-state index contributed by atoms with van der Waals surface area (Å²) in [7, 11) is 0. The Kier molecular flexibility index (Phi) is 7.85. The summed E-state index contributed by atoms with van der Waals surface area (Å²) in [4.78, 5) is 11.4. The van der Waals surface area contributed by atoms with Crippen LogP contribution in [0.1, 0.15) is 11.1 Å². The number of nitrogens with zero attached hydrogens (tertiary/aromatic N) is 4. The lowest BCUT2D eigenvalue weighted by molar-refractivity contribution is -0.253. The van der Waals surface area contributed by atoms with Gasteiger partial charge in [-0.15, -0.1) is 0 Å². The smallest absolute Gasteiger partial charge is 0.428 e. The number of aromatic nitrogens is 3. The number of hydrogen-bond donors (Lipinski definition) is 2. The van der Waals surface area contributed by atoms with Crippen molar-refractivity contribution in [2.24, 2.45) is 5.10 Å². The number of ether oxygens (including phenoxy) is 1. The summed E-state index contributed by atoms with van der Waals surface area (Å²) in [6.07, 6.45) is -12.0. The van der Waals surface area contributed by atoms with Gasteiger partial charge in [0.25, 0.3) is 0 Å². The fraction of sp³-hybridized carbons (Fsp3) is 0.158. The van der Waals surface area contributed by atoms with Gasteiger partial charge in [-0.25, -0.2) is 9.97 Å². The molecule has 0 unspecified atom stereocenters. The van der Waals surface area contributed by atoms with E-state index in [1.54, 1.807) is 0 Å². The maximum Gasteiger partial charge on any atom is 0.461 e. The largest absolute Gasteiger partial charge is 0.461 e. The Hall–Kier alpha value is -3.39. The van der Waals surface area contributed by atoms with Crippen LogP contribution in [0, 0.1) is 0 Å². The monoisotopic (exact) mass is 542 g/mol. The third-order valence-electron chi connectivity index (χ3n) is 3.86. The first-order valence-electron chi connectivity index (χ1n) is 9.12. The van der Waals surface area contributed by atoms with Crippen LogP contribution in [-0.4, -0.2) is 33.7 Å². The molecule has 0 radical (unpaired) electrons. The van der Waals surface area contributed by atoms with Gasteiger partial charge in [-0.1, -0.05) is 11.6 Å². The fourth-order valence-corrected chi connectivity index (χ4v) is 2.78. The van der Waals surface area contributed by atoms with Gasteiger partial charge in [0.15, 0.2) is 5.82 Å². The minimum absolute atomic E-state index is 0.0263. The number of hydrazone groups is 1. The second-order valence-electron chi connectivity index (χ2n) is 6.50. The van der Waals surface area contributed by atoms with Crippen LogP contribution < -0.4 is 15.5 Å². The molecule has 2 heterocycles. The summed E-state index contributed by atoms with van der Waals surface area (Å²) in [6, 6.07) is 7.24. The highest BCUT2D eigenvalue weighted by Crippen LogP contribution is 2.33. The van der Waals surface area contributed by atoms with Gasteiger partial charge in [0.1, 0.15) is 22.5 Å². The number of halogens is 9. The van der Waals surface area contributed by atoms with Crippen LogP contribution in [0.25, 0.3) is 0 Å². The summed E-state index contributed by atoms with van der Waals surface area (Å²) < 4.78 is 93.0. The fourth-order valence-electron chi connectivity index (χ4n) is 2.39. The van der Waals surface area contributed by atoms with Gasteiger partial charge in [0.2, 0.25) is 5.28 Å². The zero-order valence-electron chi connectivity index (χ0n) is 16.8. The number of rotatable bonds is 8. The van der Waals surface area contributed by atoms with Crippen LogP contribution in [0.15, 0.2) is 47.6 Å². The van der Waals surface area contributed by atoms with Crippen molar-refractivity contribution in [1.82, 2.24) is 15.0 Å². The summed E-state index contributed by atoms with van der Waals surface area (Å²) in [5.41, 5.74) is 1.83. The number of anilines is 3. The van der Waals surface area contributed by atoms with Gasteiger partial charge in [0.05, 0.1) is 11.8 Å². The van der Waals surface area contributed by atoms with Crippen molar-refractivity contribution >= 4 is 46.9 Å². The molecule has 186 valence electrons. The first kappa shape index (κ1) is 26.2. The number of nitrogens with one attached hydrogen (secondary N) is 2. The summed E-state index contributed by atoms with van der Waals surface area (Å²) in [5, 5.41) is 5.69. The van der Waals surface area contributed by atoms with E-state index in [-0.39, 0.29) is 22.7 Å². The number of alkyl halides is 7. The van der Waals surface area contributed by atoms with E-state index in [2.05, 4.69) is 35.5 Å². The van der Waals surface area contributed by atoms with Gasteiger partial charge < -0.3 is 10.1 Å². The van der Waals surface area contributed by atoms with E-state index in [9.17, 15) is 30.7 Å². The molecule has 16 heteroatoms. The minimum atomic E-state index is -4.65. The van der Waals surface area contributed by atoms with Crippen LogP contribution in [0.2, 0.25) is 10.4 Å². The van der Waals surface area contributed by atoms with Gasteiger partial charge >= 0.3 is 18.7 Å². The Morgan fingerprint density at radius 1 is 0.886 bits per heavy atom. The van der Waals surface area contributed by atoms with Crippen molar-refractivity contribution in [2.75, 3.05) is 10.7 Å². The van der Waals surface area contributed by atoms with Crippen LogP contribution in [0.4, 0.5) is 48.2 Å². The molecule has 35 heavy (non-hydrogen) atoms. The van der Waals surface area contributed by atoms with Crippen molar-refractivity contribution in [3.8, 4) is 5.75 Å². The van der Waals surface area contributed by atoms with Gasteiger partial charge in [-0.05, 0) is 53.6 Å². The second kappa shape index (κ2) is 10.5. The van der Waals surface area contributed by atoms with E-state index in [1.807, 2.05) is 0 Å². The molecule has 3 rings (SSSR count). The van der Waals surface area contributed by atoms with E-state index in [0.717, 1.165) is 18.2 Å². The Labute approximate surface area is 202 Å². The van der Waals surface area contributed by atoms with Crippen molar-refractivity contribution < 1.29 is 35.5 Å². The molecule has 0 fully saturated rings. The van der Waals surface area contributed by atoms with Gasteiger partial charge in [-0.3, -0.25) is 5.43 Å². The average Bonchev–Trinajstić information content (AvgIpc) is 2.73. The molecule has 0 spiro atoms. The van der Waals surface area contributed by atoms with Crippen LogP contribution >= 0.6 is 23.2 Å². The highest BCUT2D eigenvalue weighted by molar-refractivity contribution is 6.29. The third kappa shape index (κ3) is 7.55. The number of benzene rings is 1. The highest BCUT2D eigenvalue weighted by Gasteiger charge is 2.43. The average molecular weight is 543 g/mol. The molecule has 0 amide bonds. The molecule has 0 bridgehead atoms. The Bertz CT molecular complexity index is 1210. The highest BCUT2D eigenvalue weighted by atomic mass is 35.5. The van der Waals surface area contributed by atoms with Crippen molar-refractivity contribution in [3.05, 3.63) is 64.0 Å². The summed E-state index contributed by atoms with van der Waals surface area (Å²) in [5.74, 6) is -0.749. The minimum Gasteiger partial charge on any atom is -0.428 e. The Morgan fingerprint density at radius 3 is 2.14 bits per heavy atom. The maximum absolute atomic E-state index is 13.0. The zero-order chi connectivity index (χ0) is 25.8. The first-order chi connectivity index (χ1) is 16.3. The summed E-state index contributed by atoms with van der Waals surface area (Å²) >= 11 is 11.5. The van der Waals surface area contributed by atoms with Crippen molar-refractivity contribution in [3.63, 3.8) is 0 Å². The molecule has 0 aliphatic heterocycles. The first-order valence-corrected chi connectivity index (χ1v) is 9.88. The SMILES string of the molecule is FC(F)C(F)(F)Oc1ccc(/C=N/Nc2cc(Nc3cc(C(F)(F)F)cc(Cl)n3)nc(Cl)n2)cc1. The Balaban J connectivity index is 1.68. The molecule has 0 aliphatic rings. The molecular weight excluding hydrogens is 532 g/mol. The molecule has 3 aromatic rings. The van der Waals surface area contributed by atoms with E-state index in [1.165, 1.54) is 24.4 Å². The van der Waals surface area contributed by atoms with E-state index in [0.29, 0.717) is 11.6 Å². The molecule has 2 aromatic heterocycles. The molecular formula is C19H11Cl2F7N6O. The topological polar surface area (TPSA) is 84.3 Å². The lowest BCUT2D eigenvalue weighted by atomic mass is 10.2. The zero-order valence-corrected chi connectivity index (χ0v) is 18.3. The molecule has 2 N–H and O–H groups in total. The molecule has 7 nitrogen and oxygen atoms in total. The van der Waals surface area contributed by atoms with E-state index in [4.69, 9.17) is 23.2 Å². The number of pyridine rings is 1. The molecule has 0 atom stereocenters. The number of hydrogen-bond acceptors (Lipinski definition) is 7. The predicted octanol–water partition coefficient (Wildman–Crippen LogP) is 6.62. The third-order valence-corrected chi connectivity index (χ3v) is 4.22. The summed E-state index contributed by atoms with van der Waals surface area (Å²) in [6.45, 7) is 0. The predicted molar refractivity (Wildman–Crippen MR) is 114 cm³/mol. The molecule has 0 saturated carbocycles. The van der Waals surface area contributed by atoms with Crippen LogP contribution in [-0.2, 0) is 6.18 Å². The second-order valence-corrected chi connectivity index (χ2v) is 7.22. The van der Waals surface area contributed by atoms with E-state index < -0.39 is 35.2 Å². The Morgan fingerprint density at radius 2 is 1.51 bits per heavy atom. The maximum atomic E-state index is 13.0. The lowest BCUT2D eigenvalue weighted by Gasteiger charge is -2.16. The van der Waals surface area contributed by atoms with Crippen LogP contribution in [0.5, 0.6) is 5.75 Å². The molecule has 1 aromatic carbocycles. The van der Waals surface area contributed by atoms with Crippen molar-refractivity contribution in [2.45, 2.75) is 18.7 Å².